The van der Waals surface area contributed by atoms with Gasteiger partial charge in [-0.25, -0.2) is 8.42 Å². The van der Waals surface area contributed by atoms with Crippen molar-refractivity contribution in [3.05, 3.63) is 63.1 Å². The van der Waals surface area contributed by atoms with Crippen molar-refractivity contribution in [2.75, 3.05) is 26.2 Å². The van der Waals surface area contributed by atoms with Gasteiger partial charge in [-0.3, -0.25) is 4.79 Å². The van der Waals surface area contributed by atoms with Crippen molar-refractivity contribution in [2.24, 2.45) is 0 Å². The quantitative estimate of drug-likeness (QED) is 0.740. The van der Waals surface area contributed by atoms with E-state index in [1.165, 1.54) is 22.5 Å². The minimum absolute atomic E-state index is 0.0266. The van der Waals surface area contributed by atoms with E-state index < -0.39 is 10.0 Å². The first-order valence-corrected chi connectivity index (χ1v) is 10.4. The smallest absolute Gasteiger partial charge is 0.253 e. The van der Waals surface area contributed by atoms with Gasteiger partial charge < -0.3 is 4.90 Å². The van der Waals surface area contributed by atoms with Crippen molar-refractivity contribution in [3.8, 4) is 0 Å². The Morgan fingerprint density at radius 1 is 0.885 bits per heavy atom. The van der Waals surface area contributed by atoms with Crippen molar-refractivity contribution in [3.63, 3.8) is 0 Å². The third-order valence-corrected chi connectivity index (χ3v) is 6.96. The van der Waals surface area contributed by atoms with Crippen LogP contribution in [0.5, 0.6) is 0 Å². The van der Waals surface area contributed by atoms with Crippen LogP contribution in [0.4, 0.5) is 0 Å². The van der Waals surface area contributed by atoms with E-state index in [1.54, 1.807) is 29.2 Å². The SMILES string of the molecule is O=C(c1cccc(Cl)c1)N1CCN(S(=O)(=O)c2cc(Cl)ccc2Cl)CC1. The summed E-state index contributed by atoms with van der Waals surface area (Å²) >= 11 is 17.9. The molecule has 0 bridgehead atoms. The number of amides is 1. The Bertz CT molecular complexity index is 942. The summed E-state index contributed by atoms with van der Waals surface area (Å²) in [7, 11) is -3.78. The monoisotopic (exact) mass is 432 g/mol. The molecule has 0 aliphatic carbocycles. The normalized spacial score (nSPS) is 15.9. The summed E-state index contributed by atoms with van der Waals surface area (Å²) in [6, 6.07) is 11.0. The number of halogens is 3. The molecule has 138 valence electrons. The Kier molecular flexibility index (Phi) is 5.79. The molecule has 0 aromatic heterocycles. The molecule has 1 heterocycles. The molecule has 2 aromatic carbocycles. The maximum atomic E-state index is 12.8. The first-order chi connectivity index (χ1) is 12.3. The summed E-state index contributed by atoms with van der Waals surface area (Å²) in [6.07, 6.45) is 0. The Morgan fingerprint density at radius 3 is 2.19 bits per heavy atom. The van der Waals surface area contributed by atoms with Gasteiger partial charge in [-0.05, 0) is 36.4 Å². The van der Waals surface area contributed by atoms with E-state index in [4.69, 9.17) is 34.8 Å². The van der Waals surface area contributed by atoms with Crippen LogP contribution in [0.1, 0.15) is 10.4 Å². The van der Waals surface area contributed by atoms with Gasteiger partial charge in [0, 0.05) is 41.8 Å². The molecule has 1 amide bonds. The number of carbonyl (C=O) groups excluding carboxylic acids is 1. The lowest BCUT2D eigenvalue weighted by Crippen LogP contribution is -2.50. The molecule has 0 spiro atoms. The molecule has 0 N–H and O–H groups in total. The molecular weight excluding hydrogens is 419 g/mol. The van der Waals surface area contributed by atoms with E-state index >= 15 is 0 Å². The van der Waals surface area contributed by atoms with Crippen molar-refractivity contribution in [2.45, 2.75) is 4.90 Å². The van der Waals surface area contributed by atoms with Crippen LogP contribution in [-0.4, -0.2) is 49.7 Å². The number of hydrogen-bond acceptors (Lipinski definition) is 3. The Hall–Kier alpha value is -1.31. The molecule has 0 unspecified atom stereocenters. The van der Waals surface area contributed by atoms with Crippen LogP contribution >= 0.6 is 34.8 Å². The standard InChI is InChI=1S/C17H15Cl3N2O3S/c18-13-3-1-2-12(10-13)17(23)21-6-8-22(9-7-21)26(24,25)16-11-14(19)4-5-15(16)20/h1-5,10-11H,6-9H2. The van der Waals surface area contributed by atoms with Crippen LogP contribution in [0.2, 0.25) is 15.1 Å². The van der Waals surface area contributed by atoms with E-state index in [1.807, 2.05) is 0 Å². The van der Waals surface area contributed by atoms with Gasteiger partial charge >= 0.3 is 0 Å². The topological polar surface area (TPSA) is 57.7 Å². The van der Waals surface area contributed by atoms with E-state index in [2.05, 4.69) is 0 Å². The van der Waals surface area contributed by atoms with Crippen LogP contribution in [0.25, 0.3) is 0 Å². The van der Waals surface area contributed by atoms with Gasteiger partial charge in [0.05, 0.1) is 5.02 Å². The maximum Gasteiger partial charge on any atom is 0.253 e. The number of hydrogen-bond donors (Lipinski definition) is 0. The fourth-order valence-corrected chi connectivity index (χ4v) is 5.10. The maximum absolute atomic E-state index is 12.8. The molecule has 5 nitrogen and oxygen atoms in total. The average Bonchev–Trinajstić information content (AvgIpc) is 2.63. The van der Waals surface area contributed by atoms with E-state index in [0.717, 1.165) is 0 Å². The van der Waals surface area contributed by atoms with Crippen LogP contribution in [0, 0.1) is 0 Å². The van der Waals surface area contributed by atoms with Crippen molar-refractivity contribution >= 4 is 50.7 Å². The molecule has 2 aromatic rings. The van der Waals surface area contributed by atoms with Crippen LogP contribution < -0.4 is 0 Å². The Labute approximate surface area is 167 Å². The van der Waals surface area contributed by atoms with E-state index in [0.29, 0.717) is 15.6 Å². The molecule has 0 radical (unpaired) electrons. The van der Waals surface area contributed by atoms with Crippen LogP contribution in [0.15, 0.2) is 47.4 Å². The van der Waals surface area contributed by atoms with E-state index in [-0.39, 0.29) is 42.0 Å². The van der Waals surface area contributed by atoms with Crippen molar-refractivity contribution in [1.82, 2.24) is 9.21 Å². The molecule has 9 heteroatoms. The third-order valence-electron chi connectivity index (χ3n) is 4.11. The molecular formula is C17H15Cl3N2O3S. The lowest BCUT2D eigenvalue weighted by atomic mass is 10.2. The van der Waals surface area contributed by atoms with Crippen LogP contribution in [-0.2, 0) is 10.0 Å². The van der Waals surface area contributed by atoms with Crippen LogP contribution in [0.3, 0.4) is 0 Å². The van der Waals surface area contributed by atoms with Gasteiger partial charge in [0.15, 0.2) is 0 Å². The molecule has 26 heavy (non-hydrogen) atoms. The molecule has 1 aliphatic heterocycles. The largest absolute Gasteiger partial charge is 0.336 e. The number of rotatable bonds is 3. The molecule has 1 aliphatic rings. The number of benzene rings is 2. The number of carbonyl (C=O) groups is 1. The van der Waals surface area contributed by atoms with Gasteiger partial charge in [-0.15, -0.1) is 0 Å². The summed E-state index contributed by atoms with van der Waals surface area (Å²) in [4.78, 5) is 14.1. The zero-order valence-electron chi connectivity index (χ0n) is 13.5. The number of sulfonamides is 1. The van der Waals surface area contributed by atoms with Gasteiger partial charge in [-0.1, -0.05) is 40.9 Å². The summed E-state index contributed by atoms with van der Waals surface area (Å²) in [5.74, 6) is -0.176. The summed E-state index contributed by atoms with van der Waals surface area (Å²) < 4.78 is 26.9. The highest BCUT2D eigenvalue weighted by molar-refractivity contribution is 7.89. The van der Waals surface area contributed by atoms with Gasteiger partial charge in [0.2, 0.25) is 10.0 Å². The zero-order valence-corrected chi connectivity index (χ0v) is 16.6. The molecule has 0 atom stereocenters. The predicted molar refractivity (Wildman–Crippen MR) is 103 cm³/mol. The molecule has 3 rings (SSSR count). The first-order valence-electron chi connectivity index (χ1n) is 7.79. The molecule has 1 fully saturated rings. The highest BCUT2D eigenvalue weighted by Crippen LogP contribution is 2.28. The fourth-order valence-electron chi connectivity index (χ4n) is 2.75. The highest BCUT2D eigenvalue weighted by Gasteiger charge is 2.31. The van der Waals surface area contributed by atoms with Crippen molar-refractivity contribution in [1.29, 1.82) is 0 Å². The second kappa shape index (κ2) is 7.74. The summed E-state index contributed by atoms with van der Waals surface area (Å²) in [6.45, 7) is 0.917. The zero-order chi connectivity index (χ0) is 18.9. The third kappa shape index (κ3) is 4.00. The number of piperazine rings is 1. The van der Waals surface area contributed by atoms with Crippen molar-refractivity contribution < 1.29 is 13.2 Å². The second-order valence-electron chi connectivity index (χ2n) is 5.78. The molecule has 1 saturated heterocycles. The lowest BCUT2D eigenvalue weighted by Gasteiger charge is -2.34. The predicted octanol–water partition coefficient (Wildman–Crippen LogP) is 3.79. The van der Waals surface area contributed by atoms with Gasteiger partial charge in [0.25, 0.3) is 5.91 Å². The Balaban J connectivity index is 1.74. The average molecular weight is 434 g/mol. The molecule has 0 saturated carbocycles. The second-order valence-corrected chi connectivity index (χ2v) is 8.97. The summed E-state index contributed by atoms with van der Waals surface area (Å²) in [5.41, 5.74) is 0.478. The number of nitrogens with zero attached hydrogens (tertiary/aromatic N) is 2. The lowest BCUT2D eigenvalue weighted by molar-refractivity contribution is 0.0698. The van der Waals surface area contributed by atoms with Gasteiger partial charge in [0.1, 0.15) is 4.90 Å². The first kappa shape index (κ1) is 19.5. The highest BCUT2D eigenvalue weighted by atomic mass is 35.5. The summed E-state index contributed by atoms with van der Waals surface area (Å²) in [5, 5.41) is 0.891. The van der Waals surface area contributed by atoms with Gasteiger partial charge in [-0.2, -0.15) is 4.31 Å². The fraction of sp³-hybridized carbons (Fsp3) is 0.235. The Morgan fingerprint density at radius 2 is 1.54 bits per heavy atom. The minimum atomic E-state index is -3.78. The minimum Gasteiger partial charge on any atom is -0.336 e. The van der Waals surface area contributed by atoms with E-state index in [9.17, 15) is 13.2 Å².